The van der Waals surface area contributed by atoms with Gasteiger partial charge >= 0.3 is 0 Å². The van der Waals surface area contributed by atoms with Crippen molar-refractivity contribution in [2.75, 3.05) is 6.54 Å². The van der Waals surface area contributed by atoms with Crippen LogP contribution >= 0.6 is 23.2 Å². The molecule has 2 amide bonds. The number of carbonyl (C=O) groups excluding carboxylic acids is 2. The number of likely N-dealkylation sites (tertiary alicyclic amines) is 1. The first-order chi connectivity index (χ1) is 8.52. The van der Waals surface area contributed by atoms with Gasteiger partial charge in [-0.2, -0.15) is 0 Å². The van der Waals surface area contributed by atoms with Crippen molar-refractivity contribution in [2.24, 2.45) is 5.92 Å². The fourth-order valence-electron chi connectivity index (χ4n) is 1.97. The summed E-state index contributed by atoms with van der Waals surface area (Å²) in [4.78, 5) is 29.0. The number of imide groups is 1. The zero-order valence-electron chi connectivity index (χ0n) is 9.82. The Morgan fingerprint density at radius 3 is 2.89 bits per heavy atom. The number of aromatic nitrogens is 1. The van der Waals surface area contributed by atoms with Crippen LogP contribution in [0.4, 0.5) is 0 Å². The molecular formula is C12H12Cl2N2O2. The normalized spacial score (nSPS) is 19.4. The topological polar surface area (TPSA) is 50.3 Å². The van der Waals surface area contributed by atoms with Gasteiger partial charge in [-0.3, -0.25) is 14.5 Å². The monoisotopic (exact) mass is 286 g/mol. The lowest BCUT2D eigenvalue weighted by molar-refractivity contribution is -0.125. The Bertz CT molecular complexity index is 505. The van der Waals surface area contributed by atoms with E-state index in [2.05, 4.69) is 4.98 Å². The predicted molar refractivity (Wildman–Crippen MR) is 68.7 cm³/mol. The summed E-state index contributed by atoms with van der Waals surface area (Å²) in [6, 6.07) is 1.39. The van der Waals surface area contributed by atoms with Crippen LogP contribution in [-0.4, -0.2) is 28.2 Å². The molecule has 0 bridgehead atoms. The Hall–Kier alpha value is -1.13. The van der Waals surface area contributed by atoms with Gasteiger partial charge in [0.05, 0.1) is 10.6 Å². The molecule has 1 atom stereocenters. The Labute approximate surface area is 115 Å². The van der Waals surface area contributed by atoms with Crippen LogP contribution in [0.15, 0.2) is 12.3 Å². The summed E-state index contributed by atoms with van der Waals surface area (Å²) in [5.74, 6) is -0.321. The maximum absolute atomic E-state index is 12.2. The van der Waals surface area contributed by atoms with Crippen molar-refractivity contribution >= 4 is 35.0 Å². The van der Waals surface area contributed by atoms with Gasteiger partial charge in [-0.15, -0.1) is 0 Å². The molecule has 1 aromatic rings. The number of hydrogen-bond donors (Lipinski definition) is 0. The van der Waals surface area contributed by atoms with E-state index >= 15 is 0 Å². The van der Waals surface area contributed by atoms with Crippen LogP contribution in [-0.2, 0) is 4.79 Å². The molecule has 6 heteroatoms. The average Bonchev–Trinajstić information content (AvgIpc) is 2.73. The molecule has 0 aromatic carbocycles. The highest BCUT2D eigenvalue weighted by Gasteiger charge is 2.34. The number of nitrogens with zero attached hydrogens (tertiary/aromatic N) is 2. The van der Waals surface area contributed by atoms with E-state index in [1.165, 1.54) is 17.2 Å². The highest BCUT2D eigenvalue weighted by molar-refractivity contribution is 6.35. The molecule has 0 aliphatic carbocycles. The van der Waals surface area contributed by atoms with Gasteiger partial charge in [-0.1, -0.05) is 36.5 Å². The van der Waals surface area contributed by atoms with Crippen molar-refractivity contribution in [3.63, 3.8) is 0 Å². The summed E-state index contributed by atoms with van der Waals surface area (Å²) in [5.41, 5.74) is 0.224. The number of halogens is 2. The summed E-state index contributed by atoms with van der Waals surface area (Å²) in [6.45, 7) is 2.45. The van der Waals surface area contributed by atoms with Gasteiger partial charge in [0.1, 0.15) is 5.15 Å². The van der Waals surface area contributed by atoms with E-state index < -0.39 is 5.91 Å². The van der Waals surface area contributed by atoms with E-state index in [4.69, 9.17) is 23.2 Å². The van der Waals surface area contributed by atoms with Crippen molar-refractivity contribution in [2.45, 2.75) is 19.8 Å². The van der Waals surface area contributed by atoms with Gasteiger partial charge < -0.3 is 0 Å². The fourth-order valence-corrected chi connectivity index (χ4v) is 2.32. The highest BCUT2D eigenvalue weighted by Crippen LogP contribution is 2.25. The van der Waals surface area contributed by atoms with Crippen LogP contribution in [0, 0.1) is 5.92 Å². The highest BCUT2D eigenvalue weighted by atomic mass is 35.5. The molecule has 1 aliphatic heterocycles. The molecule has 1 fully saturated rings. The summed E-state index contributed by atoms with van der Waals surface area (Å²) in [6.07, 6.45) is 2.61. The molecule has 1 aliphatic rings. The van der Waals surface area contributed by atoms with Crippen molar-refractivity contribution in [1.29, 1.82) is 0 Å². The third-order valence-electron chi connectivity index (χ3n) is 3.08. The van der Waals surface area contributed by atoms with E-state index in [1.54, 1.807) is 0 Å². The van der Waals surface area contributed by atoms with E-state index in [9.17, 15) is 9.59 Å². The second kappa shape index (κ2) is 5.24. The van der Waals surface area contributed by atoms with Gasteiger partial charge in [0.25, 0.3) is 5.91 Å². The lowest BCUT2D eigenvalue weighted by Gasteiger charge is -2.15. The van der Waals surface area contributed by atoms with Gasteiger partial charge in [0, 0.05) is 19.2 Å². The summed E-state index contributed by atoms with van der Waals surface area (Å²) < 4.78 is 0. The van der Waals surface area contributed by atoms with E-state index in [0.717, 1.165) is 6.42 Å². The summed E-state index contributed by atoms with van der Waals surface area (Å²) in [5, 5.41) is 0.388. The molecule has 4 nitrogen and oxygen atoms in total. The average molecular weight is 287 g/mol. The second-order valence-electron chi connectivity index (χ2n) is 4.27. The standard InChI is InChI=1S/C12H12Cl2N2O2/c1-2-7-3-11(17)16(6-7)12(18)8-4-10(14)15-5-9(8)13/h4-5,7H,2-3,6H2,1H3. The minimum Gasteiger partial charge on any atom is -0.278 e. The van der Waals surface area contributed by atoms with Crippen LogP contribution in [0.25, 0.3) is 0 Å². The molecule has 0 spiro atoms. The molecule has 0 radical (unpaired) electrons. The lowest BCUT2D eigenvalue weighted by atomic mass is 10.1. The van der Waals surface area contributed by atoms with Crippen molar-refractivity contribution in [3.8, 4) is 0 Å². The third kappa shape index (κ3) is 2.49. The summed E-state index contributed by atoms with van der Waals surface area (Å²) >= 11 is 11.6. The molecule has 96 valence electrons. The molecule has 1 saturated heterocycles. The molecular weight excluding hydrogens is 275 g/mol. The van der Waals surface area contributed by atoms with Gasteiger partial charge in [0.2, 0.25) is 5.91 Å². The Morgan fingerprint density at radius 1 is 1.56 bits per heavy atom. The van der Waals surface area contributed by atoms with Crippen LogP contribution in [0.3, 0.4) is 0 Å². The molecule has 18 heavy (non-hydrogen) atoms. The Balaban J connectivity index is 2.26. The lowest BCUT2D eigenvalue weighted by Crippen LogP contribution is -2.32. The maximum atomic E-state index is 12.2. The Kier molecular flexibility index (Phi) is 3.88. The van der Waals surface area contributed by atoms with Crippen molar-refractivity contribution in [3.05, 3.63) is 28.0 Å². The van der Waals surface area contributed by atoms with Crippen LogP contribution < -0.4 is 0 Å². The quantitative estimate of drug-likeness (QED) is 0.620. The van der Waals surface area contributed by atoms with Crippen molar-refractivity contribution in [1.82, 2.24) is 9.88 Å². The van der Waals surface area contributed by atoms with Crippen LogP contribution in [0.2, 0.25) is 10.2 Å². The second-order valence-corrected chi connectivity index (χ2v) is 5.07. The fraction of sp³-hybridized carbons (Fsp3) is 0.417. The first kappa shape index (κ1) is 13.3. The van der Waals surface area contributed by atoms with Gasteiger partial charge in [-0.25, -0.2) is 4.98 Å². The molecule has 2 rings (SSSR count). The minimum atomic E-state index is -0.398. The predicted octanol–water partition coefficient (Wildman–Crippen LogP) is 2.79. The van der Waals surface area contributed by atoms with Gasteiger partial charge in [-0.05, 0) is 12.0 Å². The molecule has 0 N–H and O–H groups in total. The molecule has 2 heterocycles. The number of pyridine rings is 1. The largest absolute Gasteiger partial charge is 0.278 e. The van der Waals surface area contributed by atoms with E-state index in [-0.39, 0.29) is 27.6 Å². The minimum absolute atomic E-state index is 0.157. The first-order valence-corrected chi connectivity index (χ1v) is 6.44. The number of carbonyl (C=O) groups is 2. The zero-order chi connectivity index (χ0) is 13.3. The third-order valence-corrected chi connectivity index (χ3v) is 3.59. The van der Waals surface area contributed by atoms with Gasteiger partial charge in [0.15, 0.2) is 0 Å². The number of rotatable bonds is 2. The maximum Gasteiger partial charge on any atom is 0.262 e. The SMILES string of the molecule is CCC1CC(=O)N(C(=O)c2cc(Cl)ncc2Cl)C1. The zero-order valence-corrected chi connectivity index (χ0v) is 11.3. The number of hydrogen-bond acceptors (Lipinski definition) is 3. The number of amides is 2. The first-order valence-electron chi connectivity index (χ1n) is 5.68. The van der Waals surface area contributed by atoms with E-state index in [1.807, 2.05) is 6.92 Å². The van der Waals surface area contributed by atoms with E-state index in [0.29, 0.717) is 13.0 Å². The molecule has 1 unspecified atom stereocenters. The van der Waals surface area contributed by atoms with Crippen LogP contribution in [0.1, 0.15) is 30.1 Å². The van der Waals surface area contributed by atoms with Crippen molar-refractivity contribution < 1.29 is 9.59 Å². The summed E-state index contributed by atoms with van der Waals surface area (Å²) in [7, 11) is 0. The Morgan fingerprint density at radius 2 is 2.28 bits per heavy atom. The van der Waals surface area contributed by atoms with Crippen LogP contribution in [0.5, 0.6) is 0 Å². The molecule has 0 saturated carbocycles. The molecule has 1 aromatic heterocycles. The smallest absolute Gasteiger partial charge is 0.262 e.